The fraction of sp³-hybridized carbons (Fsp3) is 0.655. The maximum Gasteiger partial charge on any atom is 0.253 e. The van der Waals surface area contributed by atoms with Crippen LogP contribution in [0.3, 0.4) is 0 Å². The standard InChI is InChI=1S/C29H47N3O6/c1-6-7-8-12-31-26-27(29(35)28(26)34)32-18-23(33)22(30)17-21(19(2)3)15-20-10-11-24(37-5)25(16-20)38-14-9-13-36-4/h10-11,16,19,21-23,31-33H,6-9,12-15,17-18,30H2,1-5H3/t21-,22-,23-/m0/s1. The summed E-state index contributed by atoms with van der Waals surface area (Å²) in [5.74, 6) is 1.94. The summed E-state index contributed by atoms with van der Waals surface area (Å²) in [7, 11) is 3.29. The van der Waals surface area contributed by atoms with Crippen molar-refractivity contribution in [3.05, 3.63) is 44.2 Å². The lowest BCUT2D eigenvalue weighted by atomic mass is 9.83. The highest BCUT2D eigenvalue weighted by molar-refractivity contribution is 5.73. The number of rotatable bonds is 20. The van der Waals surface area contributed by atoms with Gasteiger partial charge in [-0.1, -0.05) is 39.7 Å². The molecule has 0 bridgehead atoms. The molecule has 2 aromatic carbocycles. The molecule has 5 N–H and O–H groups in total. The number of methoxy groups -OCH3 is 2. The Morgan fingerprint density at radius 1 is 0.974 bits per heavy atom. The highest BCUT2D eigenvalue weighted by atomic mass is 16.5. The molecule has 0 fully saturated rings. The smallest absolute Gasteiger partial charge is 0.253 e. The van der Waals surface area contributed by atoms with Crippen molar-refractivity contribution in [2.24, 2.45) is 17.6 Å². The van der Waals surface area contributed by atoms with E-state index < -0.39 is 23.0 Å². The van der Waals surface area contributed by atoms with Gasteiger partial charge in [0.2, 0.25) is 0 Å². The number of hydrogen-bond donors (Lipinski definition) is 4. The van der Waals surface area contributed by atoms with E-state index in [4.69, 9.17) is 19.9 Å². The molecular weight excluding hydrogens is 486 g/mol. The van der Waals surface area contributed by atoms with Crippen LogP contribution in [-0.2, 0) is 11.2 Å². The lowest BCUT2D eigenvalue weighted by molar-refractivity contribution is 0.137. The Kier molecular flexibility index (Phi) is 13.6. The zero-order valence-electron chi connectivity index (χ0n) is 23.7. The molecule has 0 heterocycles. The summed E-state index contributed by atoms with van der Waals surface area (Å²) in [5.41, 5.74) is 7.00. The van der Waals surface area contributed by atoms with Crippen LogP contribution < -0.4 is 36.7 Å². The Morgan fingerprint density at radius 3 is 2.32 bits per heavy atom. The fourth-order valence-corrected chi connectivity index (χ4v) is 4.42. The minimum Gasteiger partial charge on any atom is -0.493 e. The summed E-state index contributed by atoms with van der Waals surface area (Å²) >= 11 is 0. The zero-order valence-corrected chi connectivity index (χ0v) is 23.7. The molecule has 9 heteroatoms. The van der Waals surface area contributed by atoms with Crippen LogP contribution in [0.25, 0.3) is 0 Å². The Labute approximate surface area is 226 Å². The normalized spacial score (nSPS) is 13.9. The molecule has 0 radical (unpaired) electrons. The lowest BCUT2D eigenvalue weighted by Gasteiger charge is -2.28. The number of unbranched alkanes of at least 4 members (excludes halogenated alkanes) is 2. The second kappa shape index (κ2) is 16.4. The third-order valence-electron chi connectivity index (χ3n) is 6.97. The molecule has 0 amide bonds. The number of nitrogens with one attached hydrogen (secondary N) is 2. The van der Waals surface area contributed by atoms with Gasteiger partial charge in [-0.3, -0.25) is 9.59 Å². The van der Waals surface area contributed by atoms with Crippen LogP contribution >= 0.6 is 0 Å². The number of nitrogens with two attached hydrogens (primary N) is 1. The van der Waals surface area contributed by atoms with Gasteiger partial charge in [-0.15, -0.1) is 0 Å². The van der Waals surface area contributed by atoms with E-state index in [9.17, 15) is 14.7 Å². The topological polar surface area (TPSA) is 132 Å². The van der Waals surface area contributed by atoms with E-state index in [1.54, 1.807) is 14.2 Å². The number of benzene rings is 1. The van der Waals surface area contributed by atoms with E-state index in [1.165, 1.54) is 0 Å². The summed E-state index contributed by atoms with van der Waals surface area (Å²) in [6.45, 7) is 8.30. The van der Waals surface area contributed by atoms with Crippen molar-refractivity contribution in [2.45, 2.75) is 71.4 Å². The average Bonchev–Trinajstić information content (AvgIpc) is 2.91. The Morgan fingerprint density at radius 2 is 1.68 bits per heavy atom. The number of aliphatic hydroxyl groups excluding tert-OH is 1. The molecule has 2 rings (SSSR count). The molecule has 2 aromatic rings. The lowest BCUT2D eigenvalue weighted by Crippen LogP contribution is -2.44. The maximum absolute atomic E-state index is 12.0. The van der Waals surface area contributed by atoms with Crippen molar-refractivity contribution in [2.75, 3.05) is 51.2 Å². The van der Waals surface area contributed by atoms with E-state index in [2.05, 4.69) is 31.4 Å². The van der Waals surface area contributed by atoms with Crippen molar-refractivity contribution in [3.8, 4) is 11.5 Å². The first-order chi connectivity index (χ1) is 18.2. The average molecular weight is 534 g/mol. The summed E-state index contributed by atoms with van der Waals surface area (Å²) < 4.78 is 16.5. The molecule has 0 saturated carbocycles. The van der Waals surface area contributed by atoms with Gasteiger partial charge < -0.3 is 35.7 Å². The monoisotopic (exact) mass is 533 g/mol. The number of hydrogen-bond acceptors (Lipinski definition) is 9. The summed E-state index contributed by atoms with van der Waals surface area (Å²) in [4.78, 5) is 24.0. The van der Waals surface area contributed by atoms with E-state index >= 15 is 0 Å². The second-order valence-electron chi connectivity index (χ2n) is 10.3. The van der Waals surface area contributed by atoms with Gasteiger partial charge in [0.1, 0.15) is 11.4 Å². The van der Waals surface area contributed by atoms with Crippen molar-refractivity contribution < 1.29 is 19.3 Å². The fourth-order valence-electron chi connectivity index (χ4n) is 4.42. The summed E-state index contributed by atoms with van der Waals surface area (Å²) in [6, 6.07) is 5.45. The van der Waals surface area contributed by atoms with Crippen LogP contribution in [0.2, 0.25) is 0 Å². The molecule has 0 aromatic heterocycles. The first kappa shape index (κ1) is 31.6. The number of ether oxygens (including phenoxy) is 3. The third kappa shape index (κ3) is 9.29. The van der Waals surface area contributed by atoms with Crippen molar-refractivity contribution in [1.29, 1.82) is 0 Å². The molecule has 0 aliphatic carbocycles. The third-order valence-corrected chi connectivity index (χ3v) is 6.97. The highest BCUT2D eigenvalue weighted by Gasteiger charge is 2.25. The molecule has 0 saturated heterocycles. The minimum atomic E-state index is -0.871. The Balaban J connectivity index is 1.96. The quantitative estimate of drug-likeness (QED) is 0.149. The van der Waals surface area contributed by atoms with Gasteiger partial charge in [-0.25, -0.2) is 0 Å². The molecule has 3 atom stereocenters. The van der Waals surface area contributed by atoms with Gasteiger partial charge in [0.15, 0.2) is 11.5 Å². The molecule has 0 spiro atoms. The van der Waals surface area contributed by atoms with Crippen LogP contribution in [0.4, 0.5) is 11.4 Å². The van der Waals surface area contributed by atoms with E-state index in [1.807, 2.05) is 18.2 Å². The SMILES string of the molecule is CCCCCNc1c(NC[C@H](O)[C@@H](N)C[C@H](Cc2ccc(OC)c(OCCCOC)c2)C(C)C)c(=O)c1=O. The Bertz CT molecular complexity index is 1030. The van der Waals surface area contributed by atoms with E-state index in [0.717, 1.165) is 37.7 Å². The van der Waals surface area contributed by atoms with E-state index in [-0.39, 0.29) is 18.2 Å². The molecule has 214 valence electrons. The van der Waals surface area contributed by atoms with Gasteiger partial charge in [-0.05, 0) is 48.8 Å². The van der Waals surface area contributed by atoms with Crippen LogP contribution in [0, 0.1) is 11.8 Å². The summed E-state index contributed by atoms with van der Waals surface area (Å²) in [5, 5.41) is 16.7. The number of anilines is 2. The Hall–Kier alpha value is -2.62. The van der Waals surface area contributed by atoms with Crippen LogP contribution in [-0.4, -0.2) is 57.8 Å². The van der Waals surface area contributed by atoms with Gasteiger partial charge in [0.05, 0.1) is 19.8 Å². The van der Waals surface area contributed by atoms with Crippen LogP contribution in [0.5, 0.6) is 11.5 Å². The molecule has 9 nitrogen and oxygen atoms in total. The molecule has 0 aliphatic rings. The van der Waals surface area contributed by atoms with Crippen molar-refractivity contribution >= 4 is 11.4 Å². The minimum absolute atomic E-state index is 0.0997. The molecule has 0 unspecified atom stereocenters. The number of aliphatic hydroxyl groups is 1. The van der Waals surface area contributed by atoms with Gasteiger partial charge in [-0.2, -0.15) is 0 Å². The first-order valence-electron chi connectivity index (χ1n) is 13.8. The molecule has 38 heavy (non-hydrogen) atoms. The molecule has 0 aliphatic heterocycles. The van der Waals surface area contributed by atoms with Gasteiger partial charge >= 0.3 is 0 Å². The summed E-state index contributed by atoms with van der Waals surface area (Å²) in [6.07, 6.45) is 4.33. The van der Waals surface area contributed by atoms with Crippen LogP contribution in [0.15, 0.2) is 27.8 Å². The first-order valence-corrected chi connectivity index (χ1v) is 13.8. The van der Waals surface area contributed by atoms with Crippen molar-refractivity contribution in [1.82, 2.24) is 0 Å². The second-order valence-corrected chi connectivity index (χ2v) is 10.3. The predicted molar refractivity (Wildman–Crippen MR) is 153 cm³/mol. The van der Waals surface area contributed by atoms with Crippen LogP contribution in [0.1, 0.15) is 58.4 Å². The van der Waals surface area contributed by atoms with Gasteiger partial charge in [0, 0.05) is 39.3 Å². The highest BCUT2D eigenvalue weighted by Crippen LogP contribution is 2.31. The van der Waals surface area contributed by atoms with Crippen molar-refractivity contribution in [3.63, 3.8) is 0 Å². The zero-order chi connectivity index (χ0) is 28.1. The largest absolute Gasteiger partial charge is 0.493 e. The maximum atomic E-state index is 12.0. The molecular formula is C29H47N3O6. The predicted octanol–water partition coefficient (Wildman–Crippen LogP) is 3.31. The van der Waals surface area contributed by atoms with Gasteiger partial charge in [0.25, 0.3) is 10.9 Å². The van der Waals surface area contributed by atoms with E-state index in [0.29, 0.717) is 49.3 Å².